The monoisotopic (exact) mass is 156 g/mol. The molecule has 0 spiro atoms. The maximum Gasteiger partial charge on any atom is 0.0626 e. The minimum Gasteiger partial charge on any atom is -0.411 e. The van der Waals surface area contributed by atoms with Gasteiger partial charge in [-0.15, -0.1) is 6.58 Å². The smallest absolute Gasteiger partial charge is 0.0626 e. The highest BCUT2D eigenvalue weighted by molar-refractivity contribution is 5.86. The molecule has 0 aliphatic heterocycles. The number of nitrogens with zero attached hydrogens (tertiary/aromatic N) is 1. The maximum atomic E-state index is 8.51. The Morgan fingerprint density at radius 1 is 1.73 bits per heavy atom. The van der Waals surface area contributed by atoms with E-state index >= 15 is 0 Å². The molecule has 0 rings (SSSR count). The van der Waals surface area contributed by atoms with Gasteiger partial charge in [-0.3, -0.25) is 0 Å². The van der Waals surface area contributed by atoms with Crippen LogP contribution in [0.4, 0.5) is 0 Å². The second-order valence-electron chi connectivity index (χ2n) is 3.32. The van der Waals surface area contributed by atoms with Gasteiger partial charge in [-0.05, 0) is 13.8 Å². The van der Waals surface area contributed by atoms with Crippen LogP contribution in [0.15, 0.2) is 17.8 Å². The van der Waals surface area contributed by atoms with Crippen LogP contribution < -0.4 is 5.73 Å². The fraction of sp³-hybridized carbons (Fsp3) is 0.625. The van der Waals surface area contributed by atoms with Gasteiger partial charge in [0.05, 0.1) is 5.71 Å². The van der Waals surface area contributed by atoms with Crippen LogP contribution in [0.3, 0.4) is 0 Å². The summed E-state index contributed by atoms with van der Waals surface area (Å²) in [6.45, 7) is 7.33. The fourth-order valence-corrected chi connectivity index (χ4v) is 0.841. The standard InChI is InChI=1S/C8H16N2O/c1-4-5-7(10-11)6-8(2,3)9/h4,11H,1,5-6,9H2,2-3H3. The number of hydrogen-bond donors (Lipinski definition) is 2. The topological polar surface area (TPSA) is 58.6 Å². The number of hydrogen-bond acceptors (Lipinski definition) is 3. The van der Waals surface area contributed by atoms with Crippen molar-refractivity contribution in [2.24, 2.45) is 10.9 Å². The van der Waals surface area contributed by atoms with E-state index < -0.39 is 0 Å². The van der Waals surface area contributed by atoms with E-state index in [1.165, 1.54) is 0 Å². The number of nitrogens with two attached hydrogens (primary N) is 1. The molecule has 0 unspecified atom stereocenters. The van der Waals surface area contributed by atoms with Gasteiger partial charge in [0.2, 0.25) is 0 Å². The Morgan fingerprint density at radius 3 is 2.55 bits per heavy atom. The molecule has 0 aromatic rings. The molecule has 0 atom stereocenters. The van der Waals surface area contributed by atoms with Gasteiger partial charge < -0.3 is 10.9 Å². The Bertz CT molecular complexity index is 156. The van der Waals surface area contributed by atoms with Crippen molar-refractivity contribution in [3.63, 3.8) is 0 Å². The molecule has 0 saturated carbocycles. The molecule has 0 saturated heterocycles. The highest BCUT2D eigenvalue weighted by atomic mass is 16.4. The first-order valence-electron chi connectivity index (χ1n) is 3.59. The van der Waals surface area contributed by atoms with Crippen LogP contribution in [-0.4, -0.2) is 16.5 Å². The van der Waals surface area contributed by atoms with Crippen molar-refractivity contribution in [3.05, 3.63) is 12.7 Å². The van der Waals surface area contributed by atoms with E-state index in [1.807, 2.05) is 13.8 Å². The van der Waals surface area contributed by atoms with Crippen molar-refractivity contribution < 1.29 is 5.21 Å². The third-order valence-corrected chi connectivity index (χ3v) is 1.18. The Hall–Kier alpha value is -0.830. The molecule has 3 nitrogen and oxygen atoms in total. The van der Waals surface area contributed by atoms with Crippen molar-refractivity contribution in [2.45, 2.75) is 32.2 Å². The first kappa shape index (κ1) is 10.2. The lowest BCUT2D eigenvalue weighted by Crippen LogP contribution is -2.34. The first-order valence-corrected chi connectivity index (χ1v) is 3.59. The summed E-state index contributed by atoms with van der Waals surface area (Å²) in [5.41, 5.74) is 6.07. The van der Waals surface area contributed by atoms with E-state index in [0.717, 1.165) is 0 Å². The molecule has 3 heteroatoms. The summed E-state index contributed by atoms with van der Waals surface area (Å²) in [5, 5.41) is 11.6. The molecule has 0 aromatic carbocycles. The van der Waals surface area contributed by atoms with Crippen LogP contribution in [0.5, 0.6) is 0 Å². The Kier molecular flexibility index (Phi) is 3.82. The van der Waals surface area contributed by atoms with E-state index in [0.29, 0.717) is 18.6 Å². The lowest BCUT2D eigenvalue weighted by Gasteiger charge is -2.17. The van der Waals surface area contributed by atoms with E-state index in [4.69, 9.17) is 10.9 Å². The van der Waals surface area contributed by atoms with Crippen LogP contribution in [0.2, 0.25) is 0 Å². The second kappa shape index (κ2) is 4.13. The molecule has 0 radical (unpaired) electrons. The highest BCUT2D eigenvalue weighted by Crippen LogP contribution is 2.07. The van der Waals surface area contributed by atoms with Crippen LogP contribution in [-0.2, 0) is 0 Å². The second-order valence-corrected chi connectivity index (χ2v) is 3.32. The molecular weight excluding hydrogens is 140 g/mol. The van der Waals surface area contributed by atoms with Crippen molar-refractivity contribution >= 4 is 5.71 Å². The van der Waals surface area contributed by atoms with Crippen molar-refractivity contribution in [1.29, 1.82) is 0 Å². The summed E-state index contributed by atoms with van der Waals surface area (Å²) in [7, 11) is 0. The average Bonchev–Trinajstić information content (AvgIpc) is 1.84. The largest absolute Gasteiger partial charge is 0.411 e. The average molecular weight is 156 g/mol. The van der Waals surface area contributed by atoms with Gasteiger partial charge in [0.25, 0.3) is 0 Å². The zero-order valence-corrected chi connectivity index (χ0v) is 7.17. The fourth-order valence-electron chi connectivity index (χ4n) is 0.841. The number of rotatable bonds is 4. The first-order chi connectivity index (χ1) is 4.99. The minimum atomic E-state index is -0.315. The minimum absolute atomic E-state index is 0.315. The predicted octanol–water partition coefficient (Wildman–Crippen LogP) is 1.52. The third kappa shape index (κ3) is 5.61. The molecule has 0 bridgehead atoms. The van der Waals surface area contributed by atoms with Gasteiger partial charge in [-0.25, -0.2) is 0 Å². The maximum absolute atomic E-state index is 8.51. The van der Waals surface area contributed by atoms with Gasteiger partial charge in [0.1, 0.15) is 0 Å². The normalized spacial score (nSPS) is 13.2. The highest BCUT2D eigenvalue weighted by Gasteiger charge is 2.13. The molecule has 0 aromatic heterocycles. The van der Waals surface area contributed by atoms with E-state index in [-0.39, 0.29) is 5.54 Å². The van der Waals surface area contributed by atoms with Gasteiger partial charge in [-0.2, -0.15) is 0 Å². The van der Waals surface area contributed by atoms with Crippen LogP contribution in [0.25, 0.3) is 0 Å². The number of allylic oxidation sites excluding steroid dienone is 1. The summed E-state index contributed by atoms with van der Waals surface area (Å²) >= 11 is 0. The van der Waals surface area contributed by atoms with Gasteiger partial charge in [-0.1, -0.05) is 11.2 Å². The molecular formula is C8H16N2O. The van der Waals surface area contributed by atoms with Gasteiger partial charge in [0.15, 0.2) is 0 Å². The lowest BCUT2D eigenvalue weighted by atomic mass is 9.97. The lowest BCUT2D eigenvalue weighted by molar-refractivity contribution is 0.314. The van der Waals surface area contributed by atoms with E-state index in [2.05, 4.69) is 11.7 Å². The summed E-state index contributed by atoms with van der Waals surface area (Å²) in [5.74, 6) is 0. The summed E-state index contributed by atoms with van der Waals surface area (Å²) in [6, 6.07) is 0. The van der Waals surface area contributed by atoms with Gasteiger partial charge in [0, 0.05) is 18.4 Å². The molecule has 0 aliphatic carbocycles. The zero-order valence-electron chi connectivity index (χ0n) is 7.17. The Balaban J connectivity index is 4.00. The zero-order chi connectivity index (χ0) is 8.91. The van der Waals surface area contributed by atoms with E-state index in [9.17, 15) is 0 Å². The van der Waals surface area contributed by atoms with E-state index in [1.54, 1.807) is 6.08 Å². The Morgan fingerprint density at radius 2 is 2.27 bits per heavy atom. The molecule has 64 valence electrons. The van der Waals surface area contributed by atoms with Gasteiger partial charge >= 0.3 is 0 Å². The third-order valence-electron chi connectivity index (χ3n) is 1.18. The summed E-state index contributed by atoms with van der Waals surface area (Å²) in [6.07, 6.45) is 2.88. The molecule has 0 fully saturated rings. The van der Waals surface area contributed by atoms with Crippen molar-refractivity contribution in [3.8, 4) is 0 Å². The van der Waals surface area contributed by atoms with Crippen LogP contribution in [0.1, 0.15) is 26.7 Å². The SMILES string of the molecule is C=CCC(CC(C)(C)N)=NO. The summed E-state index contributed by atoms with van der Waals surface area (Å²) < 4.78 is 0. The molecule has 0 heterocycles. The molecule has 0 aliphatic rings. The Labute approximate surface area is 67.6 Å². The molecule has 0 amide bonds. The van der Waals surface area contributed by atoms with Crippen molar-refractivity contribution in [2.75, 3.05) is 0 Å². The van der Waals surface area contributed by atoms with Crippen molar-refractivity contribution in [1.82, 2.24) is 0 Å². The van der Waals surface area contributed by atoms with Crippen LogP contribution >= 0.6 is 0 Å². The van der Waals surface area contributed by atoms with Crippen LogP contribution in [0, 0.1) is 0 Å². The molecule has 11 heavy (non-hydrogen) atoms. The number of oxime groups is 1. The molecule has 3 N–H and O–H groups in total. The predicted molar refractivity (Wildman–Crippen MR) is 46.9 cm³/mol. The quantitative estimate of drug-likeness (QED) is 0.280. The summed E-state index contributed by atoms with van der Waals surface area (Å²) in [4.78, 5) is 0.